The van der Waals surface area contributed by atoms with Gasteiger partial charge in [0.2, 0.25) is 0 Å². The Morgan fingerprint density at radius 3 is 2.86 bits per heavy atom. The molecule has 4 heteroatoms. The van der Waals surface area contributed by atoms with Crippen LogP contribution >= 0.6 is 11.6 Å². The van der Waals surface area contributed by atoms with Crippen molar-refractivity contribution in [1.29, 1.82) is 0 Å². The number of nitrogens with one attached hydrogen (secondary N) is 1. The van der Waals surface area contributed by atoms with Gasteiger partial charge in [-0.05, 0) is 64.2 Å². The van der Waals surface area contributed by atoms with Crippen molar-refractivity contribution in [2.45, 2.75) is 32.9 Å². The van der Waals surface area contributed by atoms with Gasteiger partial charge < -0.3 is 10.2 Å². The fourth-order valence-corrected chi connectivity index (χ4v) is 2.49. The molecule has 2 aromatic rings. The lowest BCUT2D eigenvalue weighted by molar-refractivity contribution is 0.269. The summed E-state index contributed by atoms with van der Waals surface area (Å²) in [5, 5.41) is 5.29. The second-order valence-corrected chi connectivity index (χ2v) is 6.12. The molecule has 1 N–H and O–H groups in total. The predicted molar refractivity (Wildman–Crippen MR) is 90.8 cm³/mol. The Labute approximate surface area is 132 Å². The van der Waals surface area contributed by atoms with Crippen molar-refractivity contribution < 1.29 is 0 Å². The van der Waals surface area contributed by atoms with E-state index in [4.69, 9.17) is 11.6 Å². The highest BCUT2D eigenvalue weighted by molar-refractivity contribution is 6.35. The van der Waals surface area contributed by atoms with Crippen molar-refractivity contribution in [2.75, 3.05) is 20.1 Å². The van der Waals surface area contributed by atoms with E-state index < -0.39 is 0 Å². The molecule has 3 nitrogen and oxygen atoms in total. The van der Waals surface area contributed by atoms with E-state index in [2.05, 4.69) is 42.2 Å². The average Bonchev–Trinajstić information content (AvgIpc) is 2.49. The molecule has 2 rings (SSSR count). The third kappa shape index (κ3) is 4.40. The lowest BCUT2D eigenvalue weighted by atomic mass is 10.1. The Morgan fingerprint density at radius 2 is 2.10 bits per heavy atom. The number of benzene rings is 1. The van der Waals surface area contributed by atoms with Gasteiger partial charge in [0.15, 0.2) is 0 Å². The molecule has 0 radical (unpaired) electrons. The van der Waals surface area contributed by atoms with Crippen LogP contribution in [0.1, 0.15) is 25.8 Å². The van der Waals surface area contributed by atoms with Crippen molar-refractivity contribution in [3.8, 4) is 0 Å². The number of hydrogen-bond acceptors (Lipinski definition) is 3. The molecule has 114 valence electrons. The maximum atomic E-state index is 6.21. The Hall–Kier alpha value is -1.16. The van der Waals surface area contributed by atoms with Gasteiger partial charge in [-0.2, -0.15) is 0 Å². The molecule has 0 atom stereocenters. The number of hydrogen-bond donors (Lipinski definition) is 1. The van der Waals surface area contributed by atoms with Crippen LogP contribution in [0, 0.1) is 0 Å². The van der Waals surface area contributed by atoms with Crippen molar-refractivity contribution in [1.82, 2.24) is 15.2 Å². The monoisotopic (exact) mass is 305 g/mol. The third-order valence-electron chi connectivity index (χ3n) is 3.86. The summed E-state index contributed by atoms with van der Waals surface area (Å²) in [6, 6.07) is 8.56. The van der Waals surface area contributed by atoms with Crippen LogP contribution in [-0.4, -0.2) is 36.1 Å². The van der Waals surface area contributed by atoms with Gasteiger partial charge in [-0.15, -0.1) is 0 Å². The molecule has 0 fully saturated rings. The highest BCUT2D eigenvalue weighted by Gasteiger charge is 2.06. The minimum atomic E-state index is 0.606. The van der Waals surface area contributed by atoms with Gasteiger partial charge >= 0.3 is 0 Å². The van der Waals surface area contributed by atoms with Gasteiger partial charge in [0.1, 0.15) is 0 Å². The van der Waals surface area contributed by atoms with E-state index in [0.717, 1.165) is 42.0 Å². The lowest BCUT2D eigenvalue weighted by Gasteiger charge is -2.20. The highest BCUT2D eigenvalue weighted by Crippen LogP contribution is 2.24. The molecule has 0 aliphatic carbocycles. The Morgan fingerprint density at radius 1 is 1.29 bits per heavy atom. The van der Waals surface area contributed by atoms with Gasteiger partial charge in [0.25, 0.3) is 0 Å². The molecule has 0 aliphatic heterocycles. The first kappa shape index (κ1) is 16.2. The van der Waals surface area contributed by atoms with Gasteiger partial charge in [0.05, 0.1) is 5.52 Å². The van der Waals surface area contributed by atoms with Crippen molar-refractivity contribution >= 4 is 22.5 Å². The molecular formula is C17H24ClN3. The van der Waals surface area contributed by atoms with Crippen LogP contribution in [0.4, 0.5) is 0 Å². The number of fused-ring (bicyclic) bond motifs is 1. The molecule has 1 aromatic heterocycles. The lowest BCUT2D eigenvalue weighted by Crippen LogP contribution is -2.29. The van der Waals surface area contributed by atoms with Crippen molar-refractivity contribution in [3.05, 3.63) is 41.0 Å². The quantitative estimate of drug-likeness (QED) is 0.790. The summed E-state index contributed by atoms with van der Waals surface area (Å²) in [6.45, 7) is 7.40. The standard InChI is InChI=1S/C17H24ClN3/c1-13(2)21(3)11-5-9-19-12-14-7-8-16(18)15-6-4-10-20-17(14)15/h4,6-8,10,13,19H,5,9,11-12H2,1-3H3. The summed E-state index contributed by atoms with van der Waals surface area (Å²) in [5.74, 6) is 0. The molecule has 0 unspecified atom stereocenters. The SMILES string of the molecule is CC(C)N(C)CCCNCc1ccc(Cl)c2cccnc12. The average molecular weight is 306 g/mol. The second kappa shape index (κ2) is 7.74. The van der Waals surface area contributed by atoms with Crippen LogP contribution in [0.15, 0.2) is 30.5 Å². The van der Waals surface area contributed by atoms with Crippen LogP contribution in [0.25, 0.3) is 10.9 Å². The van der Waals surface area contributed by atoms with Crippen LogP contribution in [0.5, 0.6) is 0 Å². The Kier molecular flexibility index (Phi) is 5.97. The maximum absolute atomic E-state index is 6.21. The zero-order chi connectivity index (χ0) is 15.2. The topological polar surface area (TPSA) is 28.2 Å². The molecule has 0 amide bonds. The number of pyridine rings is 1. The number of rotatable bonds is 7. The van der Waals surface area contributed by atoms with Gasteiger partial charge in [0, 0.05) is 29.2 Å². The number of halogens is 1. The normalized spacial score (nSPS) is 11.7. The van der Waals surface area contributed by atoms with E-state index >= 15 is 0 Å². The summed E-state index contributed by atoms with van der Waals surface area (Å²) in [5.41, 5.74) is 2.20. The number of nitrogens with zero attached hydrogens (tertiary/aromatic N) is 2. The smallest absolute Gasteiger partial charge is 0.0761 e. The van der Waals surface area contributed by atoms with Gasteiger partial charge in [-0.3, -0.25) is 4.98 Å². The van der Waals surface area contributed by atoms with E-state index in [-0.39, 0.29) is 0 Å². The molecule has 0 bridgehead atoms. The molecule has 0 spiro atoms. The molecule has 0 aliphatic rings. The van der Waals surface area contributed by atoms with Crippen molar-refractivity contribution in [2.24, 2.45) is 0 Å². The van der Waals surface area contributed by atoms with E-state index in [1.165, 1.54) is 5.56 Å². The first-order valence-electron chi connectivity index (χ1n) is 7.52. The summed E-state index contributed by atoms with van der Waals surface area (Å²) < 4.78 is 0. The third-order valence-corrected chi connectivity index (χ3v) is 4.19. The zero-order valence-electron chi connectivity index (χ0n) is 13.1. The second-order valence-electron chi connectivity index (χ2n) is 5.71. The van der Waals surface area contributed by atoms with Gasteiger partial charge in [-0.25, -0.2) is 0 Å². The van der Waals surface area contributed by atoms with E-state index in [0.29, 0.717) is 6.04 Å². The largest absolute Gasteiger partial charge is 0.313 e. The summed E-state index contributed by atoms with van der Waals surface area (Å²) in [6.07, 6.45) is 2.97. The van der Waals surface area contributed by atoms with Crippen LogP contribution in [-0.2, 0) is 6.54 Å². The van der Waals surface area contributed by atoms with Gasteiger partial charge in [-0.1, -0.05) is 17.7 Å². The Bertz CT molecular complexity index is 583. The number of aromatic nitrogens is 1. The fourth-order valence-electron chi connectivity index (χ4n) is 2.27. The van der Waals surface area contributed by atoms with Crippen LogP contribution < -0.4 is 5.32 Å². The molecular weight excluding hydrogens is 282 g/mol. The summed E-state index contributed by atoms with van der Waals surface area (Å²) >= 11 is 6.21. The molecule has 1 heterocycles. The minimum absolute atomic E-state index is 0.606. The molecule has 0 saturated carbocycles. The zero-order valence-corrected chi connectivity index (χ0v) is 13.8. The molecule has 21 heavy (non-hydrogen) atoms. The highest BCUT2D eigenvalue weighted by atomic mass is 35.5. The summed E-state index contributed by atoms with van der Waals surface area (Å²) in [7, 11) is 2.17. The maximum Gasteiger partial charge on any atom is 0.0761 e. The fraction of sp³-hybridized carbons (Fsp3) is 0.471. The molecule has 0 saturated heterocycles. The molecule has 1 aromatic carbocycles. The summed E-state index contributed by atoms with van der Waals surface area (Å²) in [4.78, 5) is 6.82. The minimum Gasteiger partial charge on any atom is -0.313 e. The van der Waals surface area contributed by atoms with E-state index in [1.807, 2.05) is 24.4 Å². The Balaban J connectivity index is 1.88. The van der Waals surface area contributed by atoms with E-state index in [9.17, 15) is 0 Å². The predicted octanol–water partition coefficient (Wildman–Crippen LogP) is 3.71. The van der Waals surface area contributed by atoms with Crippen molar-refractivity contribution in [3.63, 3.8) is 0 Å². The first-order valence-corrected chi connectivity index (χ1v) is 7.90. The van der Waals surface area contributed by atoms with Crippen LogP contribution in [0.2, 0.25) is 5.02 Å². The van der Waals surface area contributed by atoms with Crippen LogP contribution in [0.3, 0.4) is 0 Å². The van der Waals surface area contributed by atoms with E-state index in [1.54, 1.807) is 0 Å². The first-order chi connectivity index (χ1) is 10.1.